The number of thiazole rings is 1. The highest BCUT2D eigenvalue weighted by molar-refractivity contribution is 8.01. The summed E-state index contributed by atoms with van der Waals surface area (Å²) < 4.78 is 6.26. The molecule has 4 heterocycles. The van der Waals surface area contributed by atoms with E-state index in [4.69, 9.17) is 20.6 Å². The number of ether oxygens (including phenoxy) is 1. The van der Waals surface area contributed by atoms with Gasteiger partial charge in [0, 0.05) is 5.38 Å². The molecule has 4 N–H and O–H groups in total. The van der Waals surface area contributed by atoms with E-state index < -0.39 is 36.5 Å². The predicted molar refractivity (Wildman–Crippen MR) is 118 cm³/mol. The quantitative estimate of drug-likeness (QED) is 0.127. The molecular formula is C17H14N8O6S3. The molecule has 0 unspecified atom stereocenters. The van der Waals surface area contributed by atoms with Crippen LogP contribution in [0.15, 0.2) is 31.8 Å². The third kappa shape index (κ3) is 4.64. The second-order valence-corrected chi connectivity index (χ2v) is 9.50. The van der Waals surface area contributed by atoms with Crippen LogP contribution in [-0.4, -0.2) is 79.7 Å². The van der Waals surface area contributed by atoms with Crippen LogP contribution in [0.2, 0.25) is 0 Å². The molecule has 2 amide bonds. The van der Waals surface area contributed by atoms with Crippen molar-refractivity contribution in [2.24, 2.45) is 5.16 Å². The Labute approximate surface area is 203 Å². The number of carboxylic acid groups (broad SMARTS) is 1. The number of nitrogens with zero attached hydrogens (tertiary/aromatic N) is 6. The Hall–Kier alpha value is -3.75. The zero-order valence-corrected chi connectivity index (χ0v) is 19.4. The molecular weight excluding hydrogens is 508 g/mol. The first-order valence-corrected chi connectivity index (χ1v) is 12.1. The van der Waals surface area contributed by atoms with Gasteiger partial charge in [0.25, 0.3) is 11.8 Å². The lowest BCUT2D eigenvalue weighted by molar-refractivity contribution is -0.160. The number of carbonyl (C=O) groups is 3. The fraction of sp³-hybridized carbons (Fsp3) is 0.294. The molecule has 14 nitrogen and oxygen atoms in total. The van der Waals surface area contributed by atoms with Crippen molar-refractivity contribution in [3.63, 3.8) is 0 Å². The van der Waals surface area contributed by atoms with Gasteiger partial charge in [-0.1, -0.05) is 28.3 Å². The van der Waals surface area contributed by atoms with E-state index in [0.29, 0.717) is 4.34 Å². The predicted octanol–water partition coefficient (Wildman–Crippen LogP) is -0.365. The van der Waals surface area contributed by atoms with E-state index in [2.05, 4.69) is 25.7 Å². The molecule has 2 aliphatic rings. The average molecular weight is 523 g/mol. The first-order chi connectivity index (χ1) is 16.4. The van der Waals surface area contributed by atoms with Crippen molar-refractivity contribution in [3.8, 4) is 6.07 Å². The van der Waals surface area contributed by atoms with E-state index in [1.54, 1.807) is 11.6 Å². The number of rotatable bonds is 9. The number of anilines is 1. The summed E-state index contributed by atoms with van der Waals surface area (Å²) in [6.07, 6.45) is 0. The van der Waals surface area contributed by atoms with Crippen molar-refractivity contribution in [1.82, 2.24) is 25.4 Å². The molecule has 34 heavy (non-hydrogen) atoms. The number of β-lactam (4-membered cyclic amide) rings is 1. The van der Waals surface area contributed by atoms with Crippen molar-refractivity contribution in [3.05, 3.63) is 28.0 Å². The number of hydrogen-bond acceptors (Lipinski definition) is 14. The van der Waals surface area contributed by atoms with Crippen LogP contribution in [0.4, 0.5) is 5.13 Å². The summed E-state index contributed by atoms with van der Waals surface area (Å²) in [5, 5.41) is 33.7. The van der Waals surface area contributed by atoms with Crippen molar-refractivity contribution >= 4 is 63.1 Å². The number of nitrogens with two attached hydrogens (primary N) is 1. The van der Waals surface area contributed by atoms with Crippen LogP contribution in [0, 0.1) is 11.3 Å². The van der Waals surface area contributed by atoms with Gasteiger partial charge in [-0.05, 0) is 0 Å². The maximum atomic E-state index is 12.8. The molecule has 1 saturated heterocycles. The van der Waals surface area contributed by atoms with Gasteiger partial charge in [0.1, 0.15) is 41.7 Å². The number of amides is 2. The minimum Gasteiger partial charge on any atom is -0.492 e. The van der Waals surface area contributed by atoms with Crippen LogP contribution in [0.5, 0.6) is 0 Å². The molecule has 17 heteroatoms. The standard InChI is InChI=1S/C17H14N8O6S3/c18-1-2-31-24-10(7-4-32-16(19)21-7)13(26)22-11-8-3-30-9(5-33-17-23-20-6-34-17)12(15(28)29)25(8)14(11)27/h4,6,8,11H,2-3,5H2,(H2,19,21)(H,22,26)(H,28,29)/t8-,11+/m1/s1. The summed E-state index contributed by atoms with van der Waals surface area (Å²) in [6, 6.07) is -0.0806. The Balaban J connectivity index is 1.49. The Morgan fingerprint density at radius 1 is 1.50 bits per heavy atom. The van der Waals surface area contributed by atoms with Gasteiger partial charge in [0.2, 0.25) is 6.61 Å². The number of nitrogen functional groups attached to an aromatic ring is 1. The normalized spacial score (nSPS) is 19.6. The molecule has 176 valence electrons. The summed E-state index contributed by atoms with van der Waals surface area (Å²) in [6.45, 7) is -0.436. The second-order valence-electron chi connectivity index (χ2n) is 6.55. The Kier molecular flexibility index (Phi) is 6.90. The van der Waals surface area contributed by atoms with Gasteiger partial charge in [-0.25, -0.2) is 9.78 Å². The summed E-state index contributed by atoms with van der Waals surface area (Å²) in [7, 11) is 0. The SMILES string of the molecule is N#CCON=C(C(=O)N[C@@H]1C(=O)N2C(C(=O)O)=C(CSc3nncs3)OC[C@H]12)c1csc(N)n1. The van der Waals surface area contributed by atoms with Gasteiger partial charge in [0.05, 0.1) is 5.75 Å². The molecule has 0 radical (unpaired) electrons. The molecule has 2 aromatic rings. The van der Waals surface area contributed by atoms with Crippen LogP contribution < -0.4 is 11.1 Å². The smallest absolute Gasteiger partial charge is 0.356 e. The lowest BCUT2D eigenvalue weighted by atomic mass is 9.92. The monoisotopic (exact) mass is 522 g/mol. The molecule has 2 atom stereocenters. The van der Waals surface area contributed by atoms with E-state index in [-0.39, 0.29) is 40.4 Å². The van der Waals surface area contributed by atoms with E-state index in [1.807, 2.05) is 0 Å². The third-order valence-electron chi connectivity index (χ3n) is 4.57. The lowest BCUT2D eigenvalue weighted by Crippen LogP contribution is -2.73. The number of carbonyl (C=O) groups excluding carboxylic acids is 2. The number of thioether (sulfide) groups is 1. The molecule has 0 spiro atoms. The van der Waals surface area contributed by atoms with Crippen molar-refractivity contribution in [2.75, 3.05) is 24.7 Å². The highest BCUT2D eigenvalue weighted by Crippen LogP contribution is 2.35. The molecule has 0 saturated carbocycles. The summed E-state index contributed by atoms with van der Waals surface area (Å²) in [5.41, 5.74) is 6.68. The maximum Gasteiger partial charge on any atom is 0.356 e. The molecule has 4 rings (SSSR count). The van der Waals surface area contributed by atoms with Crippen LogP contribution in [0.3, 0.4) is 0 Å². The number of aliphatic carboxylic acids is 1. The van der Waals surface area contributed by atoms with Crippen molar-refractivity contribution in [2.45, 2.75) is 16.4 Å². The molecule has 0 aliphatic carbocycles. The van der Waals surface area contributed by atoms with Crippen LogP contribution in [-0.2, 0) is 24.0 Å². The summed E-state index contributed by atoms with van der Waals surface area (Å²) in [5.74, 6) is -2.50. The molecule has 0 aromatic carbocycles. The summed E-state index contributed by atoms with van der Waals surface area (Å²) >= 11 is 3.58. The number of nitrogens with one attached hydrogen (secondary N) is 1. The number of nitriles is 1. The number of aromatic nitrogens is 3. The summed E-state index contributed by atoms with van der Waals surface area (Å²) in [4.78, 5) is 47.4. The minimum absolute atomic E-state index is 0.0272. The fourth-order valence-electron chi connectivity index (χ4n) is 3.16. The van der Waals surface area contributed by atoms with Crippen molar-refractivity contribution in [1.29, 1.82) is 5.26 Å². The Bertz CT molecular complexity index is 1220. The molecule has 1 fully saturated rings. The van der Waals surface area contributed by atoms with Gasteiger partial charge in [-0.2, -0.15) is 5.26 Å². The van der Waals surface area contributed by atoms with Gasteiger partial charge < -0.3 is 25.7 Å². The Morgan fingerprint density at radius 3 is 2.97 bits per heavy atom. The van der Waals surface area contributed by atoms with Crippen LogP contribution >= 0.6 is 34.4 Å². The second kappa shape index (κ2) is 10.0. The highest BCUT2D eigenvalue weighted by atomic mass is 32.2. The number of fused-ring (bicyclic) bond motifs is 1. The molecule has 2 aromatic heterocycles. The zero-order valence-electron chi connectivity index (χ0n) is 16.9. The third-order valence-corrected chi connectivity index (χ3v) is 7.11. The number of carboxylic acids is 1. The highest BCUT2D eigenvalue weighted by Gasteiger charge is 2.55. The average Bonchev–Trinajstić information content (AvgIpc) is 3.49. The Morgan fingerprint density at radius 2 is 2.32 bits per heavy atom. The van der Waals surface area contributed by atoms with Gasteiger partial charge in [0.15, 0.2) is 20.9 Å². The van der Waals surface area contributed by atoms with Crippen LogP contribution in [0.1, 0.15) is 5.69 Å². The van der Waals surface area contributed by atoms with Crippen molar-refractivity contribution < 1.29 is 29.1 Å². The maximum absolute atomic E-state index is 12.8. The lowest BCUT2D eigenvalue weighted by Gasteiger charge is -2.49. The van der Waals surface area contributed by atoms with Gasteiger partial charge in [-0.3, -0.25) is 14.5 Å². The number of oxime groups is 1. The van der Waals surface area contributed by atoms with E-state index >= 15 is 0 Å². The number of hydrogen-bond donors (Lipinski definition) is 3. The first-order valence-electron chi connectivity index (χ1n) is 9.31. The van der Waals surface area contributed by atoms with E-state index in [1.165, 1.54) is 28.5 Å². The van der Waals surface area contributed by atoms with Gasteiger partial charge in [-0.15, -0.1) is 21.5 Å². The van der Waals surface area contributed by atoms with E-state index in [9.17, 15) is 19.5 Å². The van der Waals surface area contributed by atoms with E-state index in [0.717, 1.165) is 16.2 Å². The topological polar surface area (TPSA) is 206 Å². The fourth-order valence-corrected chi connectivity index (χ4v) is 5.14. The first kappa shape index (κ1) is 23.4. The van der Waals surface area contributed by atoms with Gasteiger partial charge >= 0.3 is 5.97 Å². The largest absolute Gasteiger partial charge is 0.492 e. The molecule has 0 bridgehead atoms. The zero-order chi connectivity index (χ0) is 24.2. The molecule has 2 aliphatic heterocycles. The van der Waals surface area contributed by atoms with Crippen LogP contribution in [0.25, 0.3) is 0 Å². The minimum atomic E-state index is -1.33.